The largest absolute Gasteiger partial charge is 0.351 e. The van der Waals surface area contributed by atoms with E-state index < -0.39 is 0 Å². The van der Waals surface area contributed by atoms with E-state index in [2.05, 4.69) is 20.6 Å². The third kappa shape index (κ3) is 5.38. The van der Waals surface area contributed by atoms with Crippen LogP contribution in [0.4, 0.5) is 0 Å². The molecule has 23 heavy (non-hydrogen) atoms. The monoisotopic (exact) mass is 430 g/mol. The molecule has 2 heterocycles. The number of halogens is 1. The maximum Gasteiger partial charge on any atom is 0.241 e. The fraction of sp³-hybridized carbons (Fsp3) is 0.400. The zero-order valence-corrected chi connectivity index (χ0v) is 16.2. The number of rotatable bonds is 4. The number of likely N-dealkylation sites (N-methyl/N-ethyl adjacent to an activating group) is 1. The number of imidazole rings is 1. The number of carbonyl (C=O) groups excluding carboxylic acids is 1. The van der Waals surface area contributed by atoms with Crippen molar-refractivity contribution >= 4 is 41.5 Å². The summed E-state index contributed by atoms with van der Waals surface area (Å²) in [6.45, 7) is 2.79. The van der Waals surface area contributed by atoms with Gasteiger partial charge in [-0.1, -0.05) is 0 Å². The van der Waals surface area contributed by atoms with Crippen LogP contribution in [-0.4, -0.2) is 53.8 Å². The van der Waals surface area contributed by atoms with Crippen LogP contribution in [0, 0.1) is 6.92 Å². The van der Waals surface area contributed by atoms with Gasteiger partial charge in [0.1, 0.15) is 5.65 Å². The maximum atomic E-state index is 11.6. The van der Waals surface area contributed by atoms with Crippen LogP contribution in [-0.2, 0) is 11.3 Å². The van der Waals surface area contributed by atoms with Crippen LogP contribution < -0.4 is 10.6 Å². The number of aliphatic imine (C=N–C) groups is 1. The number of amides is 1. The molecule has 0 aromatic carbocycles. The average Bonchev–Trinajstić information content (AvgIpc) is 2.88. The molecule has 0 aliphatic heterocycles. The van der Waals surface area contributed by atoms with Crippen molar-refractivity contribution in [1.82, 2.24) is 24.9 Å². The van der Waals surface area contributed by atoms with Gasteiger partial charge in [-0.15, -0.1) is 24.0 Å². The van der Waals surface area contributed by atoms with E-state index in [1.54, 1.807) is 21.1 Å². The third-order valence-corrected chi connectivity index (χ3v) is 3.23. The van der Waals surface area contributed by atoms with Crippen molar-refractivity contribution in [2.24, 2.45) is 4.99 Å². The molecule has 7 nitrogen and oxygen atoms in total. The summed E-state index contributed by atoms with van der Waals surface area (Å²) in [4.78, 5) is 21.7. The van der Waals surface area contributed by atoms with E-state index in [0.29, 0.717) is 12.5 Å². The Morgan fingerprint density at radius 2 is 2.13 bits per heavy atom. The first-order valence-corrected chi connectivity index (χ1v) is 7.08. The summed E-state index contributed by atoms with van der Waals surface area (Å²) in [6.07, 6.45) is 3.96. The molecule has 1 amide bonds. The molecular formula is C15H23IN6O. The van der Waals surface area contributed by atoms with Crippen molar-refractivity contribution in [2.45, 2.75) is 13.5 Å². The Hall–Kier alpha value is -1.84. The highest BCUT2D eigenvalue weighted by Crippen LogP contribution is 2.07. The summed E-state index contributed by atoms with van der Waals surface area (Å²) in [5.41, 5.74) is 3.01. The van der Waals surface area contributed by atoms with Crippen molar-refractivity contribution < 1.29 is 4.79 Å². The number of hydrogen-bond acceptors (Lipinski definition) is 3. The first-order chi connectivity index (χ1) is 10.5. The summed E-state index contributed by atoms with van der Waals surface area (Å²) in [5.74, 6) is 0.564. The number of fused-ring (bicyclic) bond motifs is 1. The minimum atomic E-state index is -0.00819. The van der Waals surface area contributed by atoms with Gasteiger partial charge < -0.3 is 19.9 Å². The van der Waals surface area contributed by atoms with Gasteiger partial charge in [0.15, 0.2) is 5.96 Å². The molecule has 0 saturated carbocycles. The minimum Gasteiger partial charge on any atom is -0.351 e. The normalized spacial score (nSPS) is 11.0. The number of pyridine rings is 1. The summed E-state index contributed by atoms with van der Waals surface area (Å²) < 4.78 is 1.98. The lowest BCUT2D eigenvalue weighted by Gasteiger charge is -2.13. The molecule has 0 unspecified atom stereocenters. The van der Waals surface area contributed by atoms with Gasteiger partial charge in [-0.25, -0.2) is 4.98 Å². The van der Waals surface area contributed by atoms with E-state index in [4.69, 9.17) is 0 Å². The van der Waals surface area contributed by atoms with Gasteiger partial charge in [0.25, 0.3) is 0 Å². The highest BCUT2D eigenvalue weighted by Gasteiger charge is 2.06. The SMILES string of the molecule is CN=C(NCC(=O)N(C)C)NCc1cn2ccc(C)cc2n1.I. The van der Waals surface area contributed by atoms with Crippen LogP contribution in [0.2, 0.25) is 0 Å². The van der Waals surface area contributed by atoms with Gasteiger partial charge in [-0.3, -0.25) is 9.79 Å². The maximum absolute atomic E-state index is 11.6. The summed E-state index contributed by atoms with van der Waals surface area (Å²) >= 11 is 0. The minimum absolute atomic E-state index is 0. The van der Waals surface area contributed by atoms with Crippen LogP contribution in [0.25, 0.3) is 5.65 Å². The predicted molar refractivity (Wildman–Crippen MR) is 102 cm³/mol. The quantitative estimate of drug-likeness (QED) is 0.432. The lowest BCUT2D eigenvalue weighted by atomic mass is 10.3. The van der Waals surface area contributed by atoms with Crippen molar-refractivity contribution in [1.29, 1.82) is 0 Å². The molecule has 0 bridgehead atoms. The van der Waals surface area contributed by atoms with Crippen LogP contribution in [0.1, 0.15) is 11.3 Å². The zero-order chi connectivity index (χ0) is 16.1. The molecule has 2 aromatic rings. The molecule has 126 valence electrons. The number of aromatic nitrogens is 2. The second-order valence-electron chi connectivity index (χ2n) is 5.27. The molecular weight excluding hydrogens is 407 g/mol. The van der Waals surface area contributed by atoms with Crippen molar-refractivity contribution in [3.05, 3.63) is 35.8 Å². The lowest BCUT2D eigenvalue weighted by molar-refractivity contribution is -0.127. The molecule has 2 aromatic heterocycles. The molecule has 0 aliphatic carbocycles. The zero-order valence-electron chi connectivity index (χ0n) is 13.8. The Kier molecular flexibility index (Phi) is 7.27. The van der Waals surface area contributed by atoms with Gasteiger partial charge in [0, 0.05) is 33.5 Å². The molecule has 2 N–H and O–H groups in total. The van der Waals surface area contributed by atoms with Gasteiger partial charge in [-0.05, 0) is 24.6 Å². The van der Waals surface area contributed by atoms with E-state index in [1.807, 2.05) is 35.9 Å². The second kappa shape index (κ2) is 8.70. The Balaban J connectivity index is 0.00000264. The van der Waals surface area contributed by atoms with E-state index in [-0.39, 0.29) is 36.4 Å². The molecule has 8 heteroatoms. The molecule has 0 aliphatic rings. The standard InChI is InChI=1S/C15H22N6O.HI/c1-11-5-6-21-10-12(19-13(21)7-11)8-17-15(16-2)18-9-14(22)20(3)4;/h5-7,10H,8-9H2,1-4H3,(H2,16,17,18);1H. The first-order valence-electron chi connectivity index (χ1n) is 7.08. The van der Waals surface area contributed by atoms with Crippen molar-refractivity contribution in [2.75, 3.05) is 27.7 Å². The van der Waals surface area contributed by atoms with Crippen molar-refractivity contribution in [3.8, 4) is 0 Å². The fourth-order valence-electron chi connectivity index (χ4n) is 1.93. The molecule has 0 atom stereocenters. The Labute approximate surface area is 153 Å². The number of aryl methyl sites for hydroxylation is 1. The van der Waals surface area contributed by atoms with Crippen molar-refractivity contribution in [3.63, 3.8) is 0 Å². The number of guanidine groups is 1. The van der Waals surface area contributed by atoms with Crippen LogP contribution >= 0.6 is 24.0 Å². The number of nitrogens with zero attached hydrogens (tertiary/aromatic N) is 4. The molecule has 0 fully saturated rings. The topological polar surface area (TPSA) is 74.0 Å². The van der Waals surface area contributed by atoms with Gasteiger partial charge >= 0.3 is 0 Å². The molecule has 0 spiro atoms. The lowest BCUT2D eigenvalue weighted by Crippen LogP contribution is -2.42. The first kappa shape index (κ1) is 19.2. The fourth-order valence-corrected chi connectivity index (χ4v) is 1.93. The smallest absolute Gasteiger partial charge is 0.241 e. The molecule has 0 saturated heterocycles. The van der Waals surface area contributed by atoms with E-state index in [9.17, 15) is 4.79 Å². The Morgan fingerprint density at radius 1 is 1.39 bits per heavy atom. The van der Waals surface area contributed by atoms with Gasteiger partial charge in [0.2, 0.25) is 5.91 Å². The average molecular weight is 430 g/mol. The summed E-state index contributed by atoms with van der Waals surface area (Å²) in [5, 5.41) is 6.12. The second-order valence-corrected chi connectivity index (χ2v) is 5.27. The predicted octanol–water partition coefficient (Wildman–Crippen LogP) is 1.01. The van der Waals surface area contributed by atoms with E-state index in [0.717, 1.165) is 11.3 Å². The number of carbonyl (C=O) groups is 1. The van der Waals surface area contributed by atoms with Gasteiger partial charge in [0.05, 0.1) is 18.8 Å². The van der Waals surface area contributed by atoms with Crippen LogP contribution in [0.5, 0.6) is 0 Å². The Bertz CT molecular complexity index is 694. The molecule has 0 radical (unpaired) electrons. The number of hydrogen-bond donors (Lipinski definition) is 2. The summed E-state index contributed by atoms with van der Waals surface area (Å²) in [6, 6.07) is 4.07. The Morgan fingerprint density at radius 3 is 2.78 bits per heavy atom. The number of nitrogens with one attached hydrogen (secondary N) is 2. The molecule has 2 rings (SSSR count). The van der Waals surface area contributed by atoms with Crippen LogP contribution in [0.3, 0.4) is 0 Å². The highest BCUT2D eigenvalue weighted by atomic mass is 127. The summed E-state index contributed by atoms with van der Waals surface area (Å²) in [7, 11) is 5.11. The van der Waals surface area contributed by atoms with E-state index in [1.165, 1.54) is 10.5 Å². The highest BCUT2D eigenvalue weighted by molar-refractivity contribution is 14.0. The van der Waals surface area contributed by atoms with Gasteiger partial charge in [-0.2, -0.15) is 0 Å². The van der Waals surface area contributed by atoms with E-state index >= 15 is 0 Å². The van der Waals surface area contributed by atoms with Crippen LogP contribution in [0.15, 0.2) is 29.5 Å². The third-order valence-electron chi connectivity index (χ3n) is 3.23.